The maximum Gasteiger partial charge on any atom is 0.185 e. The van der Waals surface area contributed by atoms with E-state index < -0.39 is 5.82 Å². The molecule has 0 spiro atoms. The van der Waals surface area contributed by atoms with Crippen molar-refractivity contribution in [3.8, 4) is 11.1 Å². The number of allylic oxidation sites excluding steroid dienone is 1. The zero-order chi connectivity index (χ0) is 16.1. The summed E-state index contributed by atoms with van der Waals surface area (Å²) in [5.74, 6) is -0.609. The summed E-state index contributed by atoms with van der Waals surface area (Å²) in [7, 11) is 0. The average Bonchev–Trinajstić information content (AvgIpc) is 2.61. The number of carbonyl (C=O) groups is 1. The second-order valence-electron chi connectivity index (χ2n) is 5.17. The minimum absolute atomic E-state index is 0.215. The van der Waals surface area contributed by atoms with Crippen molar-refractivity contribution in [3.63, 3.8) is 0 Å². The molecule has 0 bridgehead atoms. The maximum atomic E-state index is 14.3. The van der Waals surface area contributed by atoms with Crippen molar-refractivity contribution < 1.29 is 9.18 Å². The number of halogens is 1. The second kappa shape index (κ2) is 6.84. The average molecular weight is 302 g/mol. The molecule has 0 saturated carbocycles. The molecule has 3 aromatic carbocycles. The van der Waals surface area contributed by atoms with Crippen LogP contribution >= 0.6 is 0 Å². The molecule has 3 aromatic rings. The summed E-state index contributed by atoms with van der Waals surface area (Å²) in [5, 5.41) is 0. The van der Waals surface area contributed by atoms with E-state index in [-0.39, 0.29) is 5.78 Å². The Morgan fingerprint density at radius 3 is 2.13 bits per heavy atom. The van der Waals surface area contributed by atoms with Crippen LogP contribution < -0.4 is 0 Å². The van der Waals surface area contributed by atoms with Crippen molar-refractivity contribution >= 4 is 11.9 Å². The van der Waals surface area contributed by atoms with Gasteiger partial charge in [0, 0.05) is 11.1 Å². The predicted octanol–water partition coefficient (Wildman–Crippen LogP) is 5.39. The van der Waals surface area contributed by atoms with Crippen LogP contribution in [-0.4, -0.2) is 5.78 Å². The lowest BCUT2D eigenvalue weighted by Crippen LogP contribution is -1.96. The van der Waals surface area contributed by atoms with E-state index in [1.165, 1.54) is 12.1 Å². The van der Waals surface area contributed by atoms with E-state index in [4.69, 9.17) is 0 Å². The van der Waals surface area contributed by atoms with Gasteiger partial charge in [-0.15, -0.1) is 0 Å². The molecule has 0 aliphatic rings. The zero-order valence-electron chi connectivity index (χ0n) is 12.4. The third-order valence-corrected chi connectivity index (χ3v) is 3.57. The molecule has 23 heavy (non-hydrogen) atoms. The smallest absolute Gasteiger partial charge is 0.185 e. The first kappa shape index (κ1) is 14.9. The van der Waals surface area contributed by atoms with Gasteiger partial charge in [0.25, 0.3) is 0 Å². The summed E-state index contributed by atoms with van der Waals surface area (Å²) in [6, 6.07) is 23.4. The summed E-state index contributed by atoms with van der Waals surface area (Å²) < 4.78 is 14.3. The molecule has 0 radical (unpaired) electrons. The molecule has 112 valence electrons. The van der Waals surface area contributed by atoms with Crippen molar-refractivity contribution in [1.29, 1.82) is 0 Å². The number of carbonyl (C=O) groups excluding carboxylic acids is 1. The molecule has 3 rings (SSSR count). The lowest BCUT2D eigenvalue weighted by atomic mass is 10.0. The highest BCUT2D eigenvalue weighted by Crippen LogP contribution is 2.23. The van der Waals surface area contributed by atoms with Crippen LogP contribution in [0.1, 0.15) is 15.9 Å². The molecular formula is C21H15FO. The largest absolute Gasteiger partial charge is 0.289 e. The molecule has 0 N–H and O–H groups in total. The molecule has 0 aliphatic heterocycles. The molecule has 0 aliphatic carbocycles. The van der Waals surface area contributed by atoms with Crippen LogP contribution in [0.5, 0.6) is 0 Å². The minimum atomic E-state index is -0.393. The van der Waals surface area contributed by atoms with Gasteiger partial charge in [0.1, 0.15) is 5.82 Å². The van der Waals surface area contributed by atoms with Gasteiger partial charge in [-0.25, -0.2) is 4.39 Å². The lowest BCUT2D eigenvalue weighted by molar-refractivity contribution is 0.104. The van der Waals surface area contributed by atoms with E-state index >= 15 is 0 Å². The first-order chi connectivity index (χ1) is 11.2. The Hall–Kier alpha value is -3.00. The van der Waals surface area contributed by atoms with Crippen molar-refractivity contribution in [2.24, 2.45) is 0 Å². The van der Waals surface area contributed by atoms with Crippen molar-refractivity contribution in [1.82, 2.24) is 0 Å². The molecular weight excluding hydrogens is 287 g/mol. The first-order valence-corrected chi connectivity index (χ1v) is 7.36. The molecule has 0 fully saturated rings. The van der Waals surface area contributed by atoms with E-state index in [1.807, 2.05) is 60.7 Å². The van der Waals surface area contributed by atoms with Gasteiger partial charge < -0.3 is 0 Å². The third kappa shape index (κ3) is 3.61. The standard InChI is InChI=1S/C21H15FO/c22-20-15-18(12-13-19(20)17-9-5-2-6-10-17)21(23)14-11-16-7-3-1-4-8-16/h1-15H. The Morgan fingerprint density at radius 1 is 0.826 bits per heavy atom. The number of benzene rings is 3. The molecule has 0 saturated heterocycles. The number of hydrogen-bond donors (Lipinski definition) is 0. The SMILES string of the molecule is O=C(C=Cc1ccccc1)c1ccc(-c2ccccc2)c(F)c1. The van der Waals surface area contributed by atoms with Gasteiger partial charge in [-0.3, -0.25) is 4.79 Å². The van der Waals surface area contributed by atoms with E-state index in [0.717, 1.165) is 11.1 Å². The van der Waals surface area contributed by atoms with Crippen LogP contribution in [0.3, 0.4) is 0 Å². The van der Waals surface area contributed by atoms with E-state index in [2.05, 4.69) is 0 Å². The number of rotatable bonds is 4. The molecule has 2 heteroatoms. The van der Waals surface area contributed by atoms with Crippen molar-refractivity contribution in [3.05, 3.63) is 102 Å². The van der Waals surface area contributed by atoms with Crippen LogP contribution in [0.2, 0.25) is 0 Å². The monoisotopic (exact) mass is 302 g/mol. The highest BCUT2D eigenvalue weighted by Gasteiger charge is 2.09. The number of hydrogen-bond acceptors (Lipinski definition) is 1. The van der Waals surface area contributed by atoms with E-state index in [9.17, 15) is 9.18 Å². The summed E-state index contributed by atoms with van der Waals surface area (Å²) >= 11 is 0. The van der Waals surface area contributed by atoms with Crippen molar-refractivity contribution in [2.75, 3.05) is 0 Å². The third-order valence-electron chi connectivity index (χ3n) is 3.57. The Morgan fingerprint density at radius 2 is 1.48 bits per heavy atom. The Kier molecular flexibility index (Phi) is 4.44. The van der Waals surface area contributed by atoms with Gasteiger partial charge >= 0.3 is 0 Å². The van der Waals surface area contributed by atoms with Gasteiger partial charge in [0.05, 0.1) is 0 Å². The van der Waals surface area contributed by atoms with Gasteiger partial charge in [-0.2, -0.15) is 0 Å². The first-order valence-electron chi connectivity index (χ1n) is 7.36. The van der Waals surface area contributed by atoms with Crippen LogP contribution in [0.4, 0.5) is 4.39 Å². The fraction of sp³-hybridized carbons (Fsp3) is 0. The Balaban J connectivity index is 1.83. The molecule has 1 nitrogen and oxygen atoms in total. The zero-order valence-corrected chi connectivity index (χ0v) is 12.4. The lowest BCUT2D eigenvalue weighted by Gasteiger charge is -2.05. The molecule has 0 heterocycles. The van der Waals surface area contributed by atoms with Gasteiger partial charge in [-0.1, -0.05) is 78.9 Å². The molecule has 0 amide bonds. The maximum absolute atomic E-state index is 14.3. The highest BCUT2D eigenvalue weighted by molar-refractivity contribution is 6.07. The van der Waals surface area contributed by atoms with Gasteiger partial charge in [-0.05, 0) is 23.3 Å². The minimum Gasteiger partial charge on any atom is -0.289 e. The van der Waals surface area contributed by atoms with Gasteiger partial charge in [0.15, 0.2) is 5.78 Å². The summed E-state index contributed by atoms with van der Waals surface area (Å²) in [4.78, 5) is 12.2. The molecule has 0 unspecified atom stereocenters. The summed E-state index contributed by atoms with van der Waals surface area (Å²) in [5.41, 5.74) is 2.56. The summed E-state index contributed by atoms with van der Waals surface area (Å²) in [6.45, 7) is 0. The number of ketones is 1. The van der Waals surface area contributed by atoms with Gasteiger partial charge in [0.2, 0.25) is 0 Å². The Bertz CT molecular complexity index is 836. The van der Waals surface area contributed by atoms with Crippen LogP contribution in [0.15, 0.2) is 84.9 Å². The normalized spacial score (nSPS) is 10.8. The van der Waals surface area contributed by atoms with Crippen LogP contribution in [-0.2, 0) is 0 Å². The molecule has 0 aromatic heterocycles. The predicted molar refractivity (Wildman–Crippen MR) is 91.6 cm³/mol. The topological polar surface area (TPSA) is 17.1 Å². The van der Waals surface area contributed by atoms with Crippen LogP contribution in [0.25, 0.3) is 17.2 Å². The fourth-order valence-electron chi connectivity index (χ4n) is 2.35. The summed E-state index contributed by atoms with van der Waals surface area (Å²) in [6.07, 6.45) is 3.19. The Labute approximate surface area is 134 Å². The highest BCUT2D eigenvalue weighted by atomic mass is 19.1. The van der Waals surface area contributed by atoms with E-state index in [1.54, 1.807) is 18.2 Å². The fourth-order valence-corrected chi connectivity index (χ4v) is 2.35. The van der Waals surface area contributed by atoms with E-state index in [0.29, 0.717) is 11.1 Å². The quantitative estimate of drug-likeness (QED) is 0.466. The second-order valence-corrected chi connectivity index (χ2v) is 5.17. The molecule has 0 atom stereocenters. The van der Waals surface area contributed by atoms with Crippen LogP contribution in [0, 0.1) is 5.82 Å². The van der Waals surface area contributed by atoms with Crippen molar-refractivity contribution in [2.45, 2.75) is 0 Å².